The number of imide groups is 1. The molecular formula is C21H20F2N2O5. The first kappa shape index (κ1) is 21.2. The zero-order valence-corrected chi connectivity index (χ0v) is 16.2. The molecule has 9 heteroatoms. The van der Waals surface area contributed by atoms with Crippen LogP contribution < -0.4 is 14.8 Å². The van der Waals surface area contributed by atoms with Crippen molar-refractivity contribution in [2.75, 3.05) is 11.9 Å². The number of carbonyl (C=O) groups excluding carboxylic acids is 3. The first-order valence-corrected chi connectivity index (χ1v) is 9.32. The molecule has 0 unspecified atom stereocenters. The average Bonchev–Trinajstić information content (AvgIpc) is 3.02. The molecule has 0 bridgehead atoms. The molecule has 3 rings (SSSR count). The van der Waals surface area contributed by atoms with Crippen LogP contribution in [0.5, 0.6) is 11.5 Å². The topological polar surface area (TPSA) is 84.9 Å². The van der Waals surface area contributed by atoms with Gasteiger partial charge in [-0.15, -0.1) is 0 Å². The number of rotatable bonds is 8. The Morgan fingerprint density at radius 3 is 2.33 bits per heavy atom. The van der Waals surface area contributed by atoms with Crippen LogP contribution in [-0.4, -0.2) is 35.8 Å². The molecule has 3 amide bonds. The highest BCUT2D eigenvalue weighted by atomic mass is 19.3. The normalized spacial score (nSPS) is 13.7. The van der Waals surface area contributed by atoms with E-state index in [4.69, 9.17) is 4.74 Å². The highest BCUT2D eigenvalue weighted by molar-refractivity contribution is 6.04. The van der Waals surface area contributed by atoms with E-state index < -0.39 is 12.5 Å². The number of nitrogens with one attached hydrogen (secondary N) is 1. The van der Waals surface area contributed by atoms with Gasteiger partial charge in [0.15, 0.2) is 11.5 Å². The van der Waals surface area contributed by atoms with Gasteiger partial charge in [0.05, 0.1) is 13.2 Å². The lowest BCUT2D eigenvalue weighted by atomic mass is 10.1. The summed E-state index contributed by atoms with van der Waals surface area (Å²) < 4.78 is 34.7. The molecule has 2 aromatic rings. The number of halogens is 2. The van der Waals surface area contributed by atoms with Gasteiger partial charge in [0.1, 0.15) is 0 Å². The van der Waals surface area contributed by atoms with E-state index in [0.717, 1.165) is 5.56 Å². The summed E-state index contributed by atoms with van der Waals surface area (Å²) in [4.78, 5) is 37.1. The standard InChI is InChI=1S/C21H20F2N2O5/c1-2-29-17-11-14(5-8-16(17)30-21(22)23)20(28)24-15-6-3-13(4-7-15)12-25-18(26)9-10-19(25)27/h3-8,11,21H,2,9-10,12H2,1H3,(H,24,28). The third-order valence-electron chi connectivity index (χ3n) is 4.43. The molecule has 0 spiro atoms. The first-order valence-electron chi connectivity index (χ1n) is 9.32. The van der Waals surface area contributed by atoms with Gasteiger partial charge >= 0.3 is 6.61 Å². The van der Waals surface area contributed by atoms with Gasteiger partial charge in [-0.3, -0.25) is 19.3 Å². The minimum atomic E-state index is -3.01. The number of likely N-dealkylation sites (tertiary alicyclic amines) is 1. The fourth-order valence-electron chi connectivity index (χ4n) is 2.99. The molecule has 2 aromatic carbocycles. The summed E-state index contributed by atoms with van der Waals surface area (Å²) in [7, 11) is 0. The number of alkyl halides is 2. The van der Waals surface area contributed by atoms with Gasteiger partial charge in [0.2, 0.25) is 11.8 Å². The molecule has 158 valence electrons. The molecule has 7 nitrogen and oxygen atoms in total. The van der Waals surface area contributed by atoms with Crippen LogP contribution in [0.15, 0.2) is 42.5 Å². The largest absolute Gasteiger partial charge is 0.490 e. The zero-order chi connectivity index (χ0) is 21.7. The van der Waals surface area contributed by atoms with Gasteiger partial charge in [-0.05, 0) is 42.8 Å². The second-order valence-corrected chi connectivity index (χ2v) is 6.50. The summed E-state index contributed by atoms with van der Waals surface area (Å²) in [5, 5.41) is 2.70. The van der Waals surface area contributed by atoms with Crippen molar-refractivity contribution in [3.63, 3.8) is 0 Å². The van der Waals surface area contributed by atoms with Crippen LogP contribution in [0.1, 0.15) is 35.7 Å². The van der Waals surface area contributed by atoms with Crippen LogP contribution in [0, 0.1) is 0 Å². The van der Waals surface area contributed by atoms with Crippen molar-refractivity contribution < 1.29 is 32.6 Å². The van der Waals surface area contributed by atoms with E-state index in [1.54, 1.807) is 31.2 Å². The Hall–Kier alpha value is -3.49. The maximum atomic E-state index is 12.5. The number of hydrogen-bond acceptors (Lipinski definition) is 5. The number of ether oxygens (including phenoxy) is 2. The number of anilines is 1. The molecule has 1 heterocycles. The second-order valence-electron chi connectivity index (χ2n) is 6.50. The van der Waals surface area contributed by atoms with E-state index in [1.165, 1.54) is 23.1 Å². The first-order chi connectivity index (χ1) is 14.4. The lowest BCUT2D eigenvalue weighted by Gasteiger charge is -2.14. The Morgan fingerprint density at radius 1 is 1.07 bits per heavy atom. The molecule has 1 N–H and O–H groups in total. The van der Waals surface area contributed by atoms with Crippen LogP contribution in [0.4, 0.5) is 14.5 Å². The van der Waals surface area contributed by atoms with Gasteiger partial charge in [-0.25, -0.2) is 0 Å². The molecule has 1 fully saturated rings. The van der Waals surface area contributed by atoms with Crippen molar-refractivity contribution in [3.8, 4) is 11.5 Å². The lowest BCUT2D eigenvalue weighted by molar-refractivity contribution is -0.139. The summed E-state index contributed by atoms with van der Waals surface area (Å²) in [6, 6.07) is 10.6. The van der Waals surface area contributed by atoms with Crippen molar-refractivity contribution in [3.05, 3.63) is 53.6 Å². The molecule has 30 heavy (non-hydrogen) atoms. The predicted octanol–water partition coefficient (Wildman–Crippen LogP) is 3.59. The fraction of sp³-hybridized carbons (Fsp3) is 0.286. The van der Waals surface area contributed by atoms with Crippen molar-refractivity contribution in [2.45, 2.75) is 32.9 Å². The molecular weight excluding hydrogens is 398 g/mol. The van der Waals surface area contributed by atoms with E-state index in [-0.39, 0.29) is 54.9 Å². The number of carbonyl (C=O) groups is 3. The lowest BCUT2D eigenvalue weighted by Crippen LogP contribution is -2.28. The summed E-state index contributed by atoms with van der Waals surface area (Å²) in [5.41, 5.74) is 1.45. The average molecular weight is 418 g/mol. The van der Waals surface area contributed by atoms with Crippen molar-refractivity contribution >= 4 is 23.4 Å². The molecule has 1 saturated heterocycles. The third kappa shape index (κ3) is 5.11. The van der Waals surface area contributed by atoms with Gasteiger partial charge in [-0.2, -0.15) is 8.78 Å². The Bertz CT molecular complexity index is 931. The Kier molecular flexibility index (Phi) is 6.61. The summed E-state index contributed by atoms with van der Waals surface area (Å²) in [6.07, 6.45) is 0.468. The van der Waals surface area contributed by atoms with Crippen molar-refractivity contribution in [1.82, 2.24) is 4.90 Å². The molecule has 0 saturated carbocycles. The summed E-state index contributed by atoms with van der Waals surface area (Å²) >= 11 is 0. The monoisotopic (exact) mass is 418 g/mol. The van der Waals surface area contributed by atoms with Crippen LogP contribution in [0.25, 0.3) is 0 Å². The second kappa shape index (κ2) is 9.34. The zero-order valence-electron chi connectivity index (χ0n) is 16.2. The van der Waals surface area contributed by atoms with Crippen LogP contribution in [0.3, 0.4) is 0 Å². The summed E-state index contributed by atoms with van der Waals surface area (Å²) in [6.45, 7) is -0.916. The molecule has 0 aliphatic carbocycles. The van der Waals surface area contributed by atoms with Gasteiger partial charge in [-0.1, -0.05) is 12.1 Å². The smallest absolute Gasteiger partial charge is 0.387 e. The number of amides is 3. The van der Waals surface area contributed by atoms with E-state index in [0.29, 0.717) is 5.69 Å². The maximum absolute atomic E-state index is 12.5. The molecule has 1 aliphatic rings. The van der Waals surface area contributed by atoms with Crippen molar-refractivity contribution in [2.24, 2.45) is 0 Å². The van der Waals surface area contributed by atoms with Crippen molar-refractivity contribution in [1.29, 1.82) is 0 Å². The Labute approximate surface area is 171 Å². The van der Waals surface area contributed by atoms with Crippen LogP contribution in [0.2, 0.25) is 0 Å². The summed E-state index contributed by atoms with van der Waals surface area (Å²) in [5.74, 6) is -0.958. The SMILES string of the molecule is CCOc1cc(C(=O)Nc2ccc(CN3C(=O)CCC3=O)cc2)ccc1OC(F)F. The minimum Gasteiger partial charge on any atom is -0.490 e. The van der Waals surface area contributed by atoms with Gasteiger partial charge < -0.3 is 14.8 Å². The highest BCUT2D eigenvalue weighted by Crippen LogP contribution is 2.30. The third-order valence-corrected chi connectivity index (χ3v) is 4.43. The molecule has 0 aromatic heterocycles. The van der Waals surface area contributed by atoms with Gasteiger partial charge in [0, 0.05) is 24.1 Å². The molecule has 0 atom stereocenters. The van der Waals surface area contributed by atoms with Gasteiger partial charge in [0.25, 0.3) is 5.91 Å². The number of benzene rings is 2. The highest BCUT2D eigenvalue weighted by Gasteiger charge is 2.28. The van der Waals surface area contributed by atoms with E-state index in [9.17, 15) is 23.2 Å². The van der Waals surface area contributed by atoms with E-state index in [1.807, 2.05) is 0 Å². The van der Waals surface area contributed by atoms with E-state index >= 15 is 0 Å². The minimum absolute atomic E-state index is 0.0424. The van der Waals surface area contributed by atoms with Crippen LogP contribution >= 0.6 is 0 Å². The number of hydrogen-bond donors (Lipinski definition) is 1. The van der Waals surface area contributed by atoms with Crippen LogP contribution in [-0.2, 0) is 16.1 Å². The maximum Gasteiger partial charge on any atom is 0.387 e. The molecule has 0 radical (unpaired) electrons. The quantitative estimate of drug-likeness (QED) is 0.663. The Morgan fingerprint density at radius 2 is 1.73 bits per heavy atom. The molecule has 1 aliphatic heterocycles. The fourth-order valence-corrected chi connectivity index (χ4v) is 2.99. The van der Waals surface area contributed by atoms with E-state index in [2.05, 4.69) is 10.1 Å². The predicted molar refractivity (Wildman–Crippen MR) is 103 cm³/mol. The Balaban J connectivity index is 1.67. The number of nitrogens with zero attached hydrogens (tertiary/aromatic N) is 1.